The Morgan fingerprint density at radius 1 is 1.08 bits per heavy atom. The lowest BCUT2D eigenvalue weighted by Gasteiger charge is -2.09. The van der Waals surface area contributed by atoms with E-state index in [1.165, 1.54) is 30.3 Å². The summed E-state index contributed by atoms with van der Waals surface area (Å²) in [6.07, 6.45) is 0.236. The van der Waals surface area contributed by atoms with Crippen LogP contribution in [-0.4, -0.2) is 31.7 Å². The lowest BCUT2D eigenvalue weighted by Crippen LogP contribution is -2.44. The molecule has 1 aromatic carbocycles. The Labute approximate surface area is 143 Å². The van der Waals surface area contributed by atoms with Crippen LogP contribution in [0.2, 0.25) is 0 Å². The van der Waals surface area contributed by atoms with Gasteiger partial charge in [-0.25, -0.2) is 12.8 Å². The third-order valence-electron chi connectivity index (χ3n) is 3.86. The molecule has 2 aromatic rings. The molecule has 2 N–H and O–H groups in total. The lowest BCUT2D eigenvalue weighted by molar-refractivity contribution is -0.125. The lowest BCUT2D eigenvalue weighted by atomic mass is 10.1. The molecule has 1 fully saturated rings. The van der Waals surface area contributed by atoms with Gasteiger partial charge in [-0.3, -0.25) is 20.4 Å². The van der Waals surface area contributed by atoms with Gasteiger partial charge in [0.2, 0.25) is 5.91 Å². The minimum absolute atomic E-state index is 0.0295. The van der Waals surface area contributed by atoms with Crippen LogP contribution in [0.5, 0.6) is 0 Å². The molecule has 1 atom stereocenters. The van der Waals surface area contributed by atoms with Gasteiger partial charge in [0.1, 0.15) is 11.6 Å². The second-order valence-electron chi connectivity index (χ2n) is 5.71. The predicted octanol–water partition coefficient (Wildman–Crippen LogP) is 1.28. The summed E-state index contributed by atoms with van der Waals surface area (Å²) < 4.78 is 41.0. The van der Waals surface area contributed by atoms with Crippen molar-refractivity contribution in [3.63, 3.8) is 0 Å². The fourth-order valence-electron chi connectivity index (χ4n) is 2.51. The van der Waals surface area contributed by atoms with Crippen LogP contribution >= 0.6 is 0 Å². The summed E-state index contributed by atoms with van der Waals surface area (Å²) >= 11 is 0. The van der Waals surface area contributed by atoms with Crippen molar-refractivity contribution in [2.75, 3.05) is 11.5 Å². The molecule has 1 saturated heterocycles. The molecule has 2 heterocycles. The van der Waals surface area contributed by atoms with Gasteiger partial charge in [0, 0.05) is 5.56 Å². The number of benzene rings is 1. The number of hydrogen-bond donors (Lipinski definition) is 2. The third kappa shape index (κ3) is 4.05. The highest BCUT2D eigenvalue weighted by atomic mass is 32.2. The molecule has 0 saturated carbocycles. The van der Waals surface area contributed by atoms with E-state index in [2.05, 4.69) is 10.9 Å². The molecule has 1 aliphatic rings. The summed E-state index contributed by atoms with van der Waals surface area (Å²) in [5.41, 5.74) is 4.99. The average Bonchev–Trinajstić information content (AvgIpc) is 3.20. The zero-order valence-electron chi connectivity index (χ0n) is 13.0. The molecule has 0 radical (unpaired) electrons. The number of amides is 2. The number of nitrogens with one attached hydrogen (secondary N) is 2. The van der Waals surface area contributed by atoms with Crippen molar-refractivity contribution in [2.45, 2.75) is 6.42 Å². The van der Waals surface area contributed by atoms with Crippen molar-refractivity contribution in [1.82, 2.24) is 10.9 Å². The highest BCUT2D eigenvalue weighted by Crippen LogP contribution is 2.22. The molecular formula is C16H15FN2O5S. The summed E-state index contributed by atoms with van der Waals surface area (Å²) in [5, 5.41) is 0. The predicted molar refractivity (Wildman–Crippen MR) is 86.5 cm³/mol. The zero-order valence-corrected chi connectivity index (χ0v) is 13.8. The highest BCUT2D eigenvalue weighted by molar-refractivity contribution is 7.91. The summed E-state index contributed by atoms with van der Waals surface area (Å²) in [4.78, 5) is 23.9. The first kappa shape index (κ1) is 17.2. The number of rotatable bonds is 3. The van der Waals surface area contributed by atoms with E-state index in [-0.39, 0.29) is 29.5 Å². The quantitative estimate of drug-likeness (QED) is 0.796. The maximum absolute atomic E-state index is 12.9. The van der Waals surface area contributed by atoms with Crippen molar-refractivity contribution in [2.24, 2.45) is 5.92 Å². The maximum atomic E-state index is 12.9. The number of hydrazine groups is 1. The van der Waals surface area contributed by atoms with Gasteiger partial charge in [-0.15, -0.1) is 0 Å². The van der Waals surface area contributed by atoms with Gasteiger partial charge in [0.05, 0.1) is 17.4 Å². The maximum Gasteiger partial charge on any atom is 0.305 e. The van der Waals surface area contributed by atoms with E-state index < -0.39 is 27.6 Å². The van der Waals surface area contributed by atoms with Crippen molar-refractivity contribution in [3.8, 4) is 11.3 Å². The van der Waals surface area contributed by atoms with E-state index in [0.717, 1.165) is 0 Å². The Morgan fingerprint density at radius 2 is 1.80 bits per heavy atom. The van der Waals surface area contributed by atoms with E-state index in [9.17, 15) is 22.4 Å². The van der Waals surface area contributed by atoms with E-state index in [0.29, 0.717) is 11.3 Å². The van der Waals surface area contributed by atoms with Crippen LogP contribution in [-0.2, 0) is 14.6 Å². The van der Waals surface area contributed by atoms with Crippen LogP contribution in [0.4, 0.5) is 4.39 Å². The van der Waals surface area contributed by atoms with Crippen LogP contribution < -0.4 is 10.9 Å². The van der Waals surface area contributed by atoms with Crippen LogP contribution in [0.25, 0.3) is 11.3 Å². The molecule has 1 aromatic heterocycles. The Morgan fingerprint density at radius 3 is 2.44 bits per heavy atom. The molecule has 0 aliphatic carbocycles. The first-order valence-electron chi connectivity index (χ1n) is 7.50. The van der Waals surface area contributed by atoms with Crippen LogP contribution in [0.3, 0.4) is 0 Å². The molecule has 7 nitrogen and oxygen atoms in total. The van der Waals surface area contributed by atoms with Gasteiger partial charge in [-0.1, -0.05) is 0 Å². The minimum atomic E-state index is -3.18. The molecule has 25 heavy (non-hydrogen) atoms. The SMILES string of the molecule is O=C(NNC(=O)[C@@H]1CCS(=O)(=O)C1)c1ccc(-c2ccc(F)cc2)o1. The molecule has 0 unspecified atom stereocenters. The smallest absolute Gasteiger partial charge is 0.305 e. The fraction of sp³-hybridized carbons (Fsp3) is 0.250. The van der Waals surface area contributed by atoms with Gasteiger partial charge in [-0.2, -0.15) is 0 Å². The van der Waals surface area contributed by atoms with Gasteiger partial charge in [0.25, 0.3) is 0 Å². The summed E-state index contributed by atoms with van der Waals surface area (Å²) in [5.74, 6) is -2.21. The topological polar surface area (TPSA) is 105 Å². The molecular weight excluding hydrogens is 351 g/mol. The van der Waals surface area contributed by atoms with Crippen LogP contribution in [0.15, 0.2) is 40.8 Å². The van der Waals surface area contributed by atoms with Crippen LogP contribution in [0.1, 0.15) is 17.0 Å². The van der Waals surface area contributed by atoms with Gasteiger partial charge < -0.3 is 4.42 Å². The molecule has 0 spiro atoms. The number of sulfone groups is 1. The first-order valence-corrected chi connectivity index (χ1v) is 9.32. The second-order valence-corrected chi connectivity index (χ2v) is 7.94. The van der Waals surface area contributed by atoms with Gasteiger partial charge >= 0.3 is 5.91 Å². The minimum Gasteiger partial charge on any atom is -0.451 e. The molecule has 2 amide bonds. The normalized spacial score (nSPS) is 18.7. The Kier molecular flexibility index (Phi) is 4.58. The Balaban J connectivity index is 1.59. The largest absolute Gasteiger partial charge is 0.451 e. The van der Waals surface area contributed by atoms with E-state index in [1.54, 1.807) is 6.07 Å². The molecule has 3 rings (SSSR count). The van der Waals surface area contributed by atoms with Crippen molar-refractivity contribution >= 4 is 21.7 Å². The summed E-state index contributed by atoms with van der Waals surface area (Å²) in [7, 11) is -3.18. The van der Waals surface area contributed by atoms with Crippen molar-refractivity contribution in [3.05, 3.63) is 48.0 Å². The fourth-order valence-corrected chi connectivity index (χ4v) is 4.25. The zero-order chi connectivity index (χ0) is 18.0. The number of hydrogen-bond acceptors (Lipinski definition) is 5. The summed E-state index contributed by atoms with van der Waals surface area (Å²) in [6, 6.07) is 8.53. The van der Waals surface area contributed by atoms with Crippen molar-refractivity contribution in [1.29, 1.82) is 0 Å². The van der Waals surface area contributed by atoms with Crippen LogP contribution in [0, 0.1) is 11.7 Å². The monoisotopic (exact) mass is 366 g/mol. The third-order valence-corrected chi connectivity index (χ3v) is 5.63. The summed E-state index contributed by atoms with van der Waals surface area (Å²) in [6.45, 7) is 0. The Hall–Kier alpha value is -2.68. The molecule has 9 heteroatoms. The van der Waals surface area contributed by atoms with E-state index in [4.69, 9.17) is 4.42 Å². The van der Waals surface area contributed by atoms with Crippen molar-refractivity contribution < 1.29 is 26.8 Å². The highest BCUT2D eigenvalue weighted by Gasteiger charge is 2.33. The second kappa shape index (κ2) is 6.67. The van der Waals surface area contributed by atoms with E-state index >= 15 is 0 Å². The first-order chi connectivity index (χ1) is 11.8. The standard InChI is InChI=1S/C16H15FN2O5S/c17-12-3-1-10(2-4-12)13-5-6-14(24-13)16(21)19-18-15(20)11-7-8-25(22,23)9-11/h1-6,11H,7-9H2,(H,18,20)(H,19,21)/t11-/m1/s1. The molecule has 0 bridgehead atoms. The van der Waals surface area contributed by atoms with Gasteiger partial charge in [-0.05, 0) is 42.8 Å². The number of carbonyl (C=O) groups excluding carboxylic acids is 2. The Bertz CT molecular complexity index is 905. The molecule has 132 valence electrons. The molecule has 1 aliphatic heterocycles. The van der Waals surface area contributed by atoms with Gasteiger partial charge in [0.15, 0.2) is 15.6 Å². The number of halogens is 1. The number of carbonyl (C=O) groups is 2. The van der Waals surface area contributed by atoms with E-state index in [1.807, 2.05) is 0 Å². The average molecular weight is 366 g/mol. The number of furan rings is 1.